The third-order valence-corrected chi connectivity index (χ3v) is 4.22. The standard InChI is InChI=1S/C13H13BrN2O2S/c1-9(17)16-7-6-15-13(16)19-8-12(18)10-2-4-11(14)5-3-10/h2-5H,6-8H2,1H3. The van der Waals surface area contributed by atoms with E-state index in [1.54, 1.807) is 17.0 Å². The van der Waals surface area contributed by atoms with Gasteiger partial charge in [-0.3, -0.25) is 19.5 Å². The zero-order valence-electron chi connectivity index (χ0n) is 10.4. The van der Waals surface area contributed by atoms with Crippen molar-refractivity contribution in [2.75, 3.05) is 18.8 Å². The van der Waals surface area contributed by atoms with Crippen molar-refractivity contribution in [2.45, 2.75) is 6.92 Å². The summed E-state index contributed by atoms with van der Waals surface area (Å²) in [4.78, 5) is 29.2. The van der Waals surface area contributed by atoms with Gasteiger partial charge in [-0.25, -0.2) is 0 Å². The summed E-state index contributed by atoms with van der Waals surface area (Å²) in [5, 5.41) is 0.651. The molecule has 1 amide bonds. The van der Waals surface area contributed by atoms with Crippen molar-refractivity contribution in [1.29, 1.82) is 0 Å². The van der Waals surface area contributed by atoms with Crippen LogP contribution >= 0.6 is 27.7 Å². The molecule has 4 nitrogen and oxygen atoms in total. The number of amides is 1. The lowest BCUT2D eigenvalue weighted by Gasteiger charge is -2.14. The van der Waals surface area contributed by atoms with Crippen LogP contribution in [0.1, 0.15) is 17.3 Å². The molecule has 1 aromatic carbocycles. The summed E-state index contributed by atoms with van der Waals surface area (Å²) in [7, 11) is 0. The molecule has 100 valence electrons. The fourth-order valence-corrected chi connectivity index (χ4v) is 2.94. The van der Waals surface area contributed by atoms with E-state index >= 15 is 0 Å². The van der Waals surface area contributed by atoms with Gasteiger partial charge in [0.25, 0.3) is 0 Å². The molecule has 1 aromatic rings. The fourth-order valence-electron chi connectivity index (χ4n) is 1.69. The van der Waals surface area contributed by atoms with E-state index in [0.717, 1.165) is 4.47 Å². The number of aliphatic imine (C=N–C) groups is 1. The van der Waals surface area contributed by atoms with E-state index in [1.807, 2.05) is 12.1 Å². The van der Waals surface area contributed by atoms with Crippen LogP contribution in [-0.4, -0.2) is 40.6 Å². The average Bonchev–Trinajstić information content (AvgIpc) is 2.85. The summed E-state index contributed by atoms with van der Waals surface area (Å²) in [5.74, 6) is 0.306. The predicted octanol–water partition coefficient (Wildman–Crippen LogP) is 2.58. The highest BCUT2D eigenvalue weighted by molar-refractivity contribution is 9.10. The van der Waals surface area contributed by atoms with E-state index in [-0.39, 0.29) is 11.7 Å². The summed E-state index contributed by atoms with van der Waals surface area (Å²) in [6.07, 6.45) is 0. The van der Waals surface area contributed by atoms with Gasteiger partial charge >= 0.3 is 0 Å². The molecule has 0 unspecified atom stereocenters. The lowest BCUT2D eigenvalue weighted by molar-refractivity contribution is -0.124. The Balaban J connectivity index is 1.94. The molecule has 0 saturated heterocycles. The summed E-state index contributed by atoms with van der Waals surface area (Å²) in [6, 6.07) is 7.25. The van der Waals surface area contributed by atoms with Crippen LogP contribution in [0.3, 0.4) is 0 Å². The third kappa shape index (κ3) is 3.67. The highest BCUT2D eigenvalue weighted by atomic mass is 79.9. The smallest absolute Gasteiger partial charge is 0.225 e. The van der Waals surface area contributed by atoms with Crippen LogP contribution in [0.5, 0.6) is 0 Å². The van der Waals surface area contributed by atoms with E-state index in [1.165, 1.54) is 18.7 Å². The second-order valence-corrected chi connectivity index (χ2v) is 5.91. The number of hydrogen-bond donors (Lipinski definition) is 0. The third-order valence-electron chi connectivity index (χ3n) is 2.68. The van der Waals surface area contributed by atoms with Crippen LogP contribution in [0.25, 0.3) is 0 Å². The largest absolute Gasteiger partial charge is 0.293 e. The summed E-state index contributed by atoms with van der Waals surface area (Å²) in [5.41, 5.74) is 0.670. The minimum absolute atomic E-state index is 0.0279. The monoisotopic (exact) mass is 340 g/mol. The van der Waals surface area contributed by atoms with E-state index in [9.17, 15) is 9.59 Å². The lowest BCUT2D eigenvalue weighted by Crippen LogP contribution is -2.30. The quantitative estimate of drug-likeness (QED) is 0.794. The van der Waals surface area contributed by atoms with Crippen LogP contribution < -0.4 is 0 Å². The molecule has 0 aliphatic carbocycles. The minimum atomic E-state index is -0.0279. The van der Waals surface area contributed by atoms with Gasteiger partial charge in [-0.15, -0.1) is 0 Å². The van der Waals surface area contributed by atoms with Crippen molar-refractivity contribution in [3.63, 3.8) is 0 Å². The second kappa shape index (κ2) is 6.34. The molecule has 19 heavy (non-hydrogen) atoms. The number of rotatable bonds is 3. The molecular formula is C13H13BrN2O2S. The fraction of sp³-hybridized carbons (Fsp3) is 0.308. The first-order valence-corrected chi connectivity index (χ1v) is 7.60. The Morgan fingerprint density at radius 3 is 2.68 bits per heavy atom. The zero-order chi connectivity index (χ0) is 13.8. The van der Waals surface area contributed by atoms with Gasteiger partial charge in [-0.05, 0) is 12.1 Å². The van der Waals surface area contributed by atoms with Crippen LogP contribution in [0.4, 0.5) is 0 Å². The highest BCUT2D eigenvalue weighted by Gasteiger charge is 2.21. The number of amidine groups is 1. The number of ketones is 1. The minimum Gasteiger partial charge on any atom is -0.293 e. The maximum absolute atomic E-state index is 12.0. The number of halogens is 1. The van der Waals surface area contributed by atoms with E-state index in [4.69, 9.17) is 0 Å². The molecule has 1 aliphatic heterocycles. The Bertz CT molecular complexity index is 528. The Morgan fingerprint density at radius 1 is 1.37 bits per heavy atom. The number of thioether (sulfide) groups is 1. The van der Waals surface area contributed by atoms with Gasteiger partial charge in [-0.2, -0.15) is 0 Å². The molecule has 1 heterocycles. The van der Waals surface area contributed by atoms with E-state index in [2.05, 4.69) is 20.9 Å². The molecule has 0 radical (unpaired) electrons. The van der Waals surface area contributed by atoms with Crippen molar-refractivity contribution in [3.05, 3.63) is 34.3 Å². The Labute approximate surface area is 124 Å². The van der Waals surface area contributed by atoms with E-state index in [0.29, 0.717) is 29.6 Å². The topological polar surface area (TPSA) is 49.7 Å². The van der Waals surface area contributed by atoms with Crippen LogP contribution in [0.2, 0.25) is 0 Å². The first kappa shape index (κ1) is 14.3. The van der Waals surface area contributed by atoms with Crippen LogP contribution in [-0.2, 0) is 4.79 Å². The van der Waals surface area contributed by atoms with Crippen molar-refractivity contribution in [1.82, 2.24) is 4.90 Å². The molecule has 0 saturated carbocycles. The first-order valence-electron chi connectivity index (χ1n) is 5.82. The second-order valence-electron chi connectivity index (χ2n) is 4.05. The van der Waals surface area contributed by atoms with Crippen molar-refractivity contribution in [3.8, 4) is 0 Å². The lowest BCUT2D eigenvalue weighted by atomic mass is 10.2. The maximum atomic E-state index is 12.0. The number of carbonyl (C=O) groups excluding carboxylic acids is 2. The average molecular weight is 341 g/mol. The van der Waals surface area contributed by atoms with Crippen molar-refractivity contribution in [2.24, 2.45) is 4.99 Å². The van der Waals surface area contributed by atoms with Gasteiger partial charge in [0.05, 0.1) is 12.3 Å². The van der Waals surface area contributed by atoms with Crippen molar-refractivity contribution >= 4 is 44.5 Å². The predicted molar refractivity (Wildman–Crippen MR) is 80.6 cm³/mol. The molecular weight excluding hydrogens is 328 g/mol. The van der Waals surface area contributed by atoms with Gasteiger partial charge in [0.1, 0.15) is 0 Å². The maximum Gasteiger partial charge on any atom is 0.225 e. The van der Waals surface area contributed by atoms with Crippen LogP contribution in [0.15, 0.2) is 33.7 Å². The molecule has 6 heteroatoms. The number of nitrogens with zero attached hydrogens (tertiary/aromatic N) is 2. The van der Waals surface area contributed by atoms with Gasteiger partial charge in [0, 0.05) is 23.5 Å². The molecule has 0 spiro atoms. The van der Waals surface area contributed by atoms with Gasteiger partial charge in [0.15, 0.2) is 11.0 Å². The molecule has 0 fully saturated rings. The van der Waals surface area contributed by atoms with Crippen LogP contribution in [0, 0.1) is 0 Å². The normalized spacial score (nSPS) is 14.4. The zero-order valence-corrected chi connectivity index (χ0v) is 12.8. The van der Waals surface area contributed by atoms with Gasteiger partial charge in [0.2, 0.25) is 5.91 Å². The number of benzene rings is 1. The molecule has 0 aromatic heterocycles. The SMILES string of the molecule is CC(=O)N1CCN=C1SCC(=O)c1ccc(Br)cc1. The van der Waals surface area contributed by atoms with Crippen molar-refractivity contribution < 1.29 is 9.59 Å². The molecule has 0 N–H and O–H groups in total. The number of carbonyl (C=O) groups is 2. The molecule has 0 atom stereocenters. The highest BCUT2D eigenvalue weighted by Crippen LogP contribution is 2.17. The summed E-state index contributed by atoms with van der Waals surface area (Å²) >= 11 is 4.65. The Morgan fingerprint density at radius 2 is 2.05 bits per heavy atom. The molecule has 0 bridgehead atoms. The number of Topliss-reactive ketones (excluding diaryl/α,β-unsaturated/α-hetero) is 1. The first-order chi connectivity index (χ1) is 9.08. The number of hydrogen-bond acceptors (Lipinski definition) is 4. The van der Waals surface area contributed by atoms with Gasteiger partial charge in [-0.1, -0.05) is 39.8 Å². The molecule has 2 rings (SSSR count). The summed E-state index contributed by atoms with van der Waals surface area (Å²) < 4.78 is 0.944. The Kier molecular flexibility index (Phi) is 4.76. The van der Waals surface area contributed by atoms with E-state index < -0.39 is 0 Å². The van der Waals surface area contributed by atoms with Gasteiger partial charge < -0.3 is 0 Å². The Hall–Kier alpha value is -1.14. The summed E-state index contributed by atoms with van der Waals surface area (Å²) in [6.45, 7) is 2.75. The molecule has 1 aliphatic rings.